The predicted molar refractivity (Wildman–Crippen MR) is 126 cm³/mol. The van der Waals surface area contributed by atoms with Crippen molar-refractivity contribution in [1.29, 1.82) is 0 Å². The predicted octanol–water partition coefficient (Wildman–Crippen LogP) is 4.44. The molecule has 1 amide bonds. The van der Waals surface area contributed by atoms with Crippen LogP contribution in [0.2, 0.25) is 0 Å². The van der Waals surface area contributed by atoms with Crippen molar-refractivity contribution < 1.29 is 28.8 Å². The number of nitrogens with one attached hydrogen (secondary N) is 1. The quantitative estimate of drug-likeness (QED) is 0.548. The molecule has 178 valence electrons. The molecular weight excluding hydrogens is 513 g/mol. The van der Waals surface area contributed by atoms with Gasteiger partial charge in [-0.25, -0.2) is 4.79 Å². The smallest absolute Gasteiger partial charge is 0.407 e. The van der Waals surface area contributed by atoms with Crippen LogP contribution in [-0.2, 0) is 18.9 Å². The van der Waals surface area contributed by atoms with E-state index < -0.39 is 52.6 Å². The first-order chi connectivity index (χ1) is 15.8. The summed E-state index contributed by atoms with van der Waals surface area (Å²) in [7, 11) is 0. The number of halogens is 3. The van der Waals surface area contributed by atoms with E-state index in [2.05, 4.69) is 5.32 Å². The lowest BCUT2D eigenvalue weighted by atomic mass is 9.97. The maximum absolute atomic E-state index is 12.4. The van der Waals surface area contributed by atoms with Crippen molar-refractivity contribution in [2.75, 3.05) is 13.2 Å². The number of amides is 1. The molecule has 6 atom stereocenters. The molecule has 0 aromatic heterocycles. The molecule has 2 aliphatic heterocycles. The fourth-order valence-corrected chi connectivity index (χ4v) is 4.90. The Labute approximate surface area is 210 Å². The molecule has 2 heterocycles. The molecule has 7 nitrogen and oxygen atoms in total. The van der Waals surface area contributed by atoms with E-state index in [1.54, 1.807) is 0 Å². The molecule has 11 heteroatoms. The van der Waals surface area contributed by atoms with E-state index in [-0.39, 0.29) is 6.61 Å². The van der Waals surface area contributed by atoms with Crippen LogP contribution < -0.4 is 5.32 Å². The number of aliphatic hydroxyl groups is 1. The highest BCUT2D eigenvalue weighted by atomic mass is 35.6. The van der Waals surface area contributed by atoms with Gasteiger partial charge in [0.25, 0.3) is 0 Å². The minimum atomic E-state index is -1.75. The zero-order valence-corrected chi connectivity index (χ0v) is 20.3. The molecule has 0 saturated carbocycles. The van der Waals surface area contributed by atoms with Crippen molar-refractivity contribution >= 4 is 52.7 Å². The van der Waals surface area contributed by atoms with Gasteiger partial charge in [-0.1, -0.05) is 95.1 Å². The second kappa shape index (κ2) is 11.0. The number of rotatable bonds is 5. The van der Waals surface area contributed by atoms with Crippen LogP contribution in [0.25, 0.3) is 0 Å². The normalized spacial score (nSPS) is 29.7. The molecule has 0 radical (unpaired) electrons. The molecule has 2 fully saturated rings. The molecular formula is C22H22Cl3NO6S. The fourth-order valence-electron chi connectivity index (χ4n) is 3.58. The third-order valence-electron chi connectivity index (χ3n) is 5.08. The van der Waals surface area contributed by atoms with Crippen LogP contribution in [0.3, 0.4) is 0 Å². The number of alkyl halides is 3. The van der Waals surface area contributed by atoms with E-state index in [9.17, 15) is 9.90 Å². The Morgan fingerprint density at radius 2 is 1.76 bits per heavy atom. The molecule has 2 aromatic rings. The summed E-state index contributed by atoms with van der Waals surface area (Å²) in [5, 5.41) is 13.9. The first-order valence-electron chi connectivity index (χ1n) is 10.2. The number of benzene rings is 2. The average molecular weight is 535 g/mol. The molecule has 2 N–H and O–H groups in total. The van der Waals surface area contributed by atoms with Crippen LogP contribution in [-0.4, -0.2) is 58.0 Å². The fraction of sp³-hybridized carbons (Fsp3) is 0.409. The zero-order valence-electron chi connectivity index (χ0n) is 17.2. The molecule has 0 aliphatic carbocycles. The largest absolute Gasteiger partial charge is 0.445 e. The summed E-state index contributed by atoms with van der Waals surface area (Å²) in [6.45, 7) is -0.228. The summed E-state index contributed by atoms with van der Waals surface area (Å²) in [6.07, 6.45) is -3.90. The first-order valence-corrected chi connectivity index (χ1v) is 12.2. The number of alkyl carbamates (subject to hydrolysis) is 1. The number of thioether (sulfide) groups is 1. The maximum atomic E-state index is 12.4. The second-order valence-electron chi connectivity index (χ2n) is 7.50. The Morgan fingerprint density at radius 1 is 1.09 bits per heavy atom. The van der Waals surface area contributed by atoms with Gasteiger partial charge in [0.1, 0.15) is 30.4 Å². The monoisotopic (exact) mass is 533 g/mol. The SMILES string of the molecule is O=C(NC1C(O)[C@H]2OC(c3ccccc3)OCC2O[C@H]1Sc1ccccc1)OCC(Cl)(Cl)Cl. The Bertz CT molecular complexity index is 919. The van der Waals surface area contributed by atoms with Gasteiger partial charge in [-0.15, -0.1) is 0 Å². The lowest BCUT2D eigenvalue weighted by Gasteiger charge is -2.47. The van der Waals surface area contributed by atoms with Crippen molar-refractivity contribution in [3.63, 3.8) is 0 Å². The van der Waals surface area contributed by atoms with Gasteiger partial charge in [-0.3, -0.25) is 0 Å². The van der Waals surface area contributed by atoms with Crippen LogP contribution in [0.1, 0.15) is 11.9 Å². The van der Waals surface area contributed by atoms with E-state index in [0.29, 0.717) is 0 Å². The summed E-state index contributed by atoms with van der Waals surface area (Å²) < 4.78 is 21.4. The van der Waals surface area contributed by atoms with Gasteiger partial charge in [0.05, 0.1) is 12.6 Å². The lowest BCUT2D eigenvalue weighted by Crippen LogP contribution is -2.65. The average Bonchev–Trinajstić information content (AvgIpc) is 2.81. The summed E-state index contributed by atoms with van der Waals surface area (Å²) in [5.41, 5.74) is 0.167. The molecule has 2 aromatic carbocycles. The minimum Gasteiger partial charge on any atom is -0.445 e. The number of hydrogen-bond donors (Lipinski definition) is 2. The highest BCUT2D eigenvalue weighted by Gasteiger charge is 2.50. The Kier molecular flexibility index (Phi) is 8.30. The van der Waals surface area contributed by atoms with E-state index >= 15 is 0 Å². The molecule has 2 aliphatic rings. The third-order valence-corrected chi connectivity index (χ3v) is 6.59. The summed E-state index contributed by atoms with van der Waals surface area (Å²) >= 11 is 18.3. The number of hydrogen-bond acceptors (Lipinski definition) is 7. The van der Waals surface area contributed by atoms with Gasteiger partial charge in [0.2, 0.25) is 3.79 Å². The molecule has 33 heavy (non-hydrogen) atoms. The van der Waals surface area contributed by atoms with Crippen LogP contribution in [0.4, 0.5) is 4.79 Å². The van der Waals surface area contributed by atoms with Crippen molar-refractivity contribution in [3.05, 3.63) is 66.2 Å². The van der Waals surface area contributed by atoms with Gasteiger partial charge in [0.15, 0.2) is 6.29 Å². The van der Waals surface area contributed by atoms with Crippen LogP contribution in [0.5, 0.6) is 0 Å². The van der Waals surface area contributed by atoms with E-state index in [1.165, 1.54) is 11.8 Å². The summed E-state index contributed by atoms with van der Waals surface area (Å²) in [4.78, 5) is 13.3. The van der Waals surface area contributed by atoms with Gasteiger partial charge >= 0.3 is 6.09 Å². The summed E-state index contributed by atoms with van der Waals surface area (Å²) in [5.74, 6) is 0. The highest BCUT2D eigenvalue weighted by molar-refractivity contribution is 7.99. The summed E-state index contributed by atoms with van der Waals surface area (Å²) in [6, 6.07) is 18.0. The number of aliphatic hydroxyl groups excluding tert-OH is 1. The number of carbonyl (C=O) groups excluding carboxylic acids is 1. The van der Waals surface area contributed by atoms with Crippen LogP contribution >= 0.6 is 46.6 Å². The zero-order chi connectivity index (χ0) is 23.4. The third kappa shape index (κ3) is 6.68. The van der Waals surface area contributed by atoms with Crippen LogP contribution in [0, 0.1) is 0 Å². The molecule has 4 rings (SSSR count). The number of ether oxygens (including phenoxy) is 4. The Balaban J connectivity index is 1.51. The van der Waals surface area contributed by atoms with Crippen molar-refractivity contribution in [2.45, 2.75) is 44.8 Å². The van der Waals surface area contributed by atoms with E-state index in [0.717, 1.165) is 10.5 Å². The van der Waals surface area contributed by atoms with Crippen molar-refractivity contribution in [2.24, 2.45) is 0 Å². The van der Waals surface area contributed by atoms with Crippen LogP contribution in [0.15, 0.2) is 65.6 Å². The molecule has 0 spiro atoms. The van der Waals surface area contributed by atoms with Gasteiger partial charge in [-0.05, 0) is 12.1 Å². The van der Waals surface area contributed by atoms with E-state index in [1.807, 2.05) is 60.7 Å². The maximum Gasteiger partial charge on any atom is 0.407 e. The first kappa shape index (κ1) is 24.9. The Morgan fingerprint density at radius 3 is 2.42 bits per heavy atom. The van der Waals surface area contributed by atoms with Crippen molar-refractivity contribution in [3.8, 4) is 0 Å². The highest BCUT2D eigenvalue weighted by Crippen LogP contribution is 2.39. The van der Waals surface area contributed by atoms with Gasteiger partial charge < -0.3 is 29.4 Å². The number of fused-ring (bicyclic) bond motifs is 1. The number of carbonyl (C=O) groups is 1. The minimum absolute atomic E-state index is 0.220. The molecule has 0 bridgehead atoms. The second-order valence-corrected chi connectivity index (χ2v) is 11.2. The lowest BCUT2D eigenvalue weighted by molar-refractivity contribution is -0.306. The standard InChI is InChI=1S/C22H22Cl3NO6S/c23-22(24,25)12-30-21(28)26-16-17(27)18-15(31-20(16)33-14-9-5-2-6-10-14)11-29-19(32-18)13-7-3-1-4-8-13/h1-10,15-20,27H,11-12H2,(H,26,28)/t15?,16?,17?,18-,19?,20-/m0/s1. The Hall–Kier alpha value is -1.23. The molecule has 4 unspecified atom stereocenters. The van der Waals surface area contributed by atoms with E-state index in [4.69, 9.17) is 53.8 Å². The topological polar surface area (TPSA) is 86.3 Å². The van der Waals surface area contributed by atoms with Gasteiger partial charge in [-0.2, -0.15) is 0 Å². The van der Waals surface area contributed by atoms with Gasteiger partial charge in [0, 0.05) is 10.5 Å². The van der Waals surface area contributed by atoms with Crippen molar-refractivity contribution in [1.82, 2.24) is 5.32 Å². The molecule has 2 saturated heterocycles.